The highest BCUT2D eigenvalue weighted by molar-refractivity contribution is 6.62. The quantitative estimate of drug-likeness (QED) is 0.631. The maximum atomic E-state index is 8.98. The zero-order chi connectivity index (χ0) is 10.7. The molecule has 1 heterocycles. The first-order valence-corrected chi connectivity index (χ1v) is 4.66. The van der Waals surface area contributed by atoms with E-state index in [1.165, 1.54) is 12.3 Å². The predicted molar refractivity (Wildman–Crippen MR) is 57.8 cm³/mol. The van der Waals surface area contributed by atoms with Gasteiger partial charge in [0.05, 0.1) is 5.02 Å². The van der Waals surface area contributed by atoms with Gasteiger partial charge in [-0.25, -0.2) is 4.98 Å². The smallest absolute Gasteiger partial charge is 0.423 e. The third-order valence-corrected chi connectivity index (χ3v) is 1.92. The molecule has 0 bridgehead atoms. The van der Waals surface area contributed by atoms with E-state index < -0.39 is 7.12 Å². The molecule has 0 aliphatic heterocycles. The summed E-state index contributed by atoms with van der Waals surface area (Å²) in [6, 6.07) is 1.75. The number of nitrogens with one attached hydrogen (secondary N) is 1. The molecule has 3 N–H and O–H groups in total. The van der Waals surface area contributed by atoms with Gasteiger partial charge in [-0.2, -0.15) is 0 Å². The van der Waals surface area contributed by atoms with Crippen LogP contribution >= 0.6 is 11.6 Å². The minimum atomic E-state index is -1.57. The number of hydrogen-bond donors (Lipinski definition) is 3. The molecule has 6 heteroatoms. The van der Waals surface area contributed by atoms with Crippen molar-refractivity contribution in [3.63, 3.8) is 0 Å². The van der Waals surface area contributed by atoms with E-state index in [4.69, 9.17) is 21.6 Å². The molecule has 4 nitrogen and oxygen atoms in total. The van der Waals surface area contributed by atoms with Crippen molar-refractivity contribution >= 4 is 30.0 Å². The summed E-state index contributed by atoms with van der Waals surface area (Å²) >= 11 is 5.72. The Kier molecular flexibility index (Phi) is 3.74. The van der Waals surface area contributed by atoms with Crippen molar-refractivity contribution in [2.75, 3.05) is 5.32 Å². The first kappa shape index (κ1) is 11.3. The molecule has 0 radical (unpaired) electrons. The Hall–Kier alpha value is -0.775. The van der Waals surface area contributed by atoms with Crippen LogP contribution in [0.4, 0.5) is 5.82 Å². The van der Waals surface area contributed by atoms with E-state index in [1.54, 1.807) is 0 Å². The van der Waals surface area contributed by atoms with Crippen molar-refractivity contribution in [1.29, 1.82) is 0 Å². The van der Waals surface area contributed by atoms with Crippen molar-refractivity contribution in [2.45, 2.75) is 19.9 Å². The second-order valence-corrected chi connectivity index (χ2v) is 3.67. The monoisotopic (exact) mass is 214 g/mol. The van der Waals surface area contributed by atoms with Gasteiger partial charge in [0.15, 0.2) is 0 Å². The number of rotatable bonds is 3. The van der Waals surface area contributed by atoms with Crippen LogP contribution < -0.4 is 10.8 Å². The summed E-state index contributed by atoms with van der Waals surface area (Å²) in [7, 11) is -1.57. The standard InChI is InChI=1S/C8H12BClN2O2/c1-5(2)12-8-3-6(9(13)14)7(10)4-11-8/h3-5,13-14H,1-2H3,(H,11,12). The molecular formula is C8H12BClN2O2. The molecule has 0 aliphatic rings. The molecule has 0 aliphatic carbocycles. The minimum Gasteiger partial charge on any atom is -0.423 e. The number of halogens is 1. The van der Waals surface area contributed by atoms with Gasteiger partial charge in [-0.15, -0.1) is 0 Å². The SMILES string of the molecule is CC(C)Nc1cc(B(O)O)c(Cl)cn1. The van der Waals surface area contributed by atoms with Crippen molar-refractivity contribution in [3.05, 3.63) is 17.3 Å². The van der Waals surface area contributed by atoms with Crippen LogP contribution in [0.15, 0.2) is 12.3 Å². The van der Waals surface area contributed by atoms with E-state index in [-0.39, 0.29) is 16.5 Å². The van der Waals surface area contributed by atoms with Crippen LogP contribution in [0.2, 0.25) is 5.02 Å². The molecule has 1 aromatic rings. The minimum absolute atomic E-state index is 0.229. The first-order valence-electron chi connectivity index (χ1n) is 4.29. The van der Waals surface area contributed by atoms with Crippen LogP contribution in [0, 0.1) is 0 Å². The summed E-state index contributed by atoms with van der Waals surface area (Å²) in [6.45, 7) is 3.93. The average Bonchev–Trinajstić information content (AvgIpc) is 2.07. The lowest BCUT2D eigenvalue weighted by molar-refractivity contribution is 0.426. The number of hydrogen-bond acceptors (Lipinski definition) is 4. The maximum Gasteiger partial charge on any atom is 0.490 e. The van der Waals surface area contributed by atoms with Crippen molar-refractivity contribution < 1.29 is 10.0 Å². The molecule has 0 unspecified atom stereocenters. The number of nitrogens with zero attached hydrogens (tertiary/aromatic N) is 1. The number of pyridine rings is 1. The Morgan fingerprint density at radius 2 is 2.14 bits per heavy atom. The molecule has 0 aromatic carbocycles. The van der Waals surface area contributed by atoms with E-state index in [9.17, 15) is 0 Å². The fourth-order valence-corrected chi connectivity index (χ4v) is 1.23. The van der Waals surface area contributed by atoms with Crippen LogP contribution in [0.5, 0.6) is 0 Å². The molecule has 76 valence electrons. The van der Waals surface area contributed by atoms with Crippen LogP contribution in [0.25, 0.3) is 0 Å². The van der Waals surface area contributed by atoms with E-state index in [0.717, 1.165) is 0 Å². The fraction of sp³-hybridized carbons (Fsp3) is 0.375. The highest BCUT2D eigenvalue weighted by atomic mass is 35.5. The zero-order valence-corrected chi connectivity index (χ0v) is 8.78. The van der Waals surface area contributed by atoms with Gasteiger partial charge in [-0.05, 0) is 19.9 Å². The van der Waals surface area contributed by atoms with Crippen molar-refractivity contribution in [3.8, 4) is 0 Å². The zero-order valence-electron chi connectivity index (χ0n) is 8.03. The van der Waals surface area contributed by atoms with Gasteiger partial charge in [-0.1, -0.05) is 11.6 Å². The van der Waals surface area contributed by atoms with Crippen molar-refractivity contribution in [2.24, 2.45) is 0 Å². The molecule has 0 saturated carbocycles. The molecule has 0 atom stereocenters. The Bertz CT molecular complexity index is 320. The summed E-state index contributed by atoms with van der Waals surface area (Å²) in [5, 5.41) is 21.2. The number of aromatic nitrogens is 1. The Morgan fingerprint density at radius 1 is 1.50 bits per heavy atom. The summed E-state index contributed by atoms with van der Waals surface area (Å²) in [4.78, 5) is 4.00. The molecular weight excluding hydrogens is 202 g/mol. The van der Waals surface area contributed by atoms with Gasteiger partial charge in [0.1, 0.15) is 5.82 Å². The molecule has 1 rings (SSSR count). The fourth-order valence-electron chi connectivity index (χ4n) is 1.03. The predicted octanol–water partition coefficient (Wildman–Crippen LogP) is 0.235. The average molecular weight is 214 g/mol. The second kappa shape index (κ2) is 4.64. The van der Waals surface area contributed by atoms with Crippen LogP contribution in [0.3, 0.4) is 0 Å². The van der Waals surface area contributed by atoms with Crippen LogP contribution in [-0.2, 0) is 0 Å². The molecule has 0 saturated heterocycles. The normalized spacial score (nSPS) is 10.4. The van der Waals surface area contributed by atoms with Gasteiger partial charge in [0.2, 0.25) is 0 Å². The third kappa shape index (κ3) is 2.87. The van der Waals surface area contributed by atoms with Gasteiger partial charge >= 0.3 is 7.12 Å². The highest BCUT2D eigenvalue weighted by Gasteiger charge is 2.16. The molecule has 0 fully saturated rings. The van der Waals surface area contributed by atoms with Crippen molar-refractivity contribution in [1.82, 2.24) is 4.98 Å². The van der Waals surface area contributed by atoms with Gasteiger partial charge < -0.3 is 15.4 Å². The molecule has 0 amide bonds. The van der Waals surface area contributed by atoms with E-state index >= 15 is 0 Å². The largest absolute Gasteiger partial charge is 0.490 e. The number of anilines is 1. The van der Waals surface area contributed by atoms with Crippen LogP contribution in [0.1, 0.15) is 13.8 Å². The van der Waals surface area contributed by atoms with Gasteiger partial charge in [-0.3, -0.25) is 0 Å². The lowest BCUT2D eigenvalue weighted by Gasteiger charge is -2.10. The highest BCUT2D eigenvalue weighted by Crippen LogP contribution is 2.09. The topological polar surface area (TPSA) is 65.4 Å². The lowest BCUT2D eigenvalue weighted by Crippen LogP contribution is -2.31. The third-order valence-electron chi connectivity index (χ3n) is 1.60. The summed E-state index contributed by atoms with van der Waals surface area (Å²) in [5.41, 5.74) is 0.254. The lowest BCUT2D eigenvalue weighted by atomic mass is 9.81. The molecule has 14 heavy (non-hydrogen) atoms. The van der Waals surface area contributed by atoms with E-state index in [1.807, 2.05) is 13.8 Å². The maximum absolute atomic E-state index is 8.98. The summed E-state index contributed by atoms with van der Waals surface area (Å²) < 4.78 is 0. The van der Waals surface area contributed by atoms with Gasteiger partial charge in [0.25, 0.3) is 0 Å². The van der Waals surface area contributed by atoms with E-state index in [2.05, 4.69) is 10.3 Å². The molecule has 1 aromatic heterocycles. The summed E-state index contributed by atoms with van der Waals surface area (Å²) in [6.07, 6.45) is 1.39. The van der Waals surface area contributed by atoms with Crippen LogP contribution in [-0.4, -0.2) is 28.2 Å². The Morgan fingerprint density at radius 3 is 2.64 bits per heavy atom. The second-order valence-electron chi connectivity index (χ2n) is 3.26. The van der Waals surface area contributed by atoms with E-state index in [0.29, 0.717) is 5.82 Å². The Balaban J connectivity index is 2.94. The summed E-state index contributed by atoms with van der Waals surface area (Å²) in [5.74, 6) is 0.576. The first-order chi connectivity index (χ1) is 6.50. The Labute approximate surface area is 88.1 Å². The molecule has 0 spiro atoms. The van der Waals surface area contributed by atoms with Gasteiger partial charge in [0, 0.05) is 17.7 Å².